The molecule has 1 aromatic rings. The van der Waals surface area contributed by atoms with Crippen LogP contribution in [0, 0.1) is 0 Å². The number of anilines is 1. The van der Waals surface area contributed by atoms with Crippen LogP contribution in [0.5, 0.6) is 0 Å². The average Bonchev–Trinajstić information content (AvgIpc) is 3.04. The van der Waals surface area contributed by atoms with Crippen LogP contribution in [0.15, 0.2) is 24.3 Å². The second-order valence-electron chi connectivity index (χ2n) is 5.50. The van der Waals surface area contributed by atoms with Gasteiger partial charge in [-0.05, 0) is 31.2 Å². The Hall–Kier alpha value is -1.96. The molecular formula is C15H18N2O5. The minimum atomic E-state index is -0.640. The summed E-state index contributed by atoms with van der Waals surface area (Å²) >= 11 is 0. The summed E-state index contributed by atoms with van der Waals surface area (Å²) in [6.45, 7) is 2.02. The van der Waals surface area contributed by atoms with Crippen LogP contribution >= 0.6 is 0 Å². The number of aliphatic hydroxyl groups is 1. The highest BCUT2D eigenvalue weighted by molar-refractivity contribution is 5.95. The maximum absolute atomic E-state index is 12.0. The van der Waals surface area contributed by atoms with Crippen molar-refractivity contribution < 1.29 is 24.2 Å². The molecule has 0 aromatic heterocycles. The highest BCUT2D eigenvalue weighted by atomic mass is 16.6. The van der Waals surface area contributed by atoms with E-state index in [1.807, 2.05) is 0 Å². The van der Waals surface area contributed by atoms with Crippen molar-refractivity contribution in [1.29, 1.82) is 0 Å². The molecule has 0 bridgehead atoms. The smallest absolute Gasteiger partial charge is 0.319 e. The number of benzene rings is 1. The molecule has 7 heteroatoms. The normalized spacial score (nSPS) is 29.9. The van der Waals surface area contributed by atoms with Gasteiger partial charge in [-0.2, -0.15) is 0 Å². The molecule has 4 atom stereocenters. The van der Waals surface area contributed by atoms with Crippen LogP contribution in [0.4, 0.5) is 10.5 Å². The van der Waals surface area contributed by atoms with Gasteiger partial charge in [-0.1, -0.05) is 0 Å². The fourth-order valence-electron chi connectivity index (χ4n) is 2.73. The van der Waals surface area contributed by atoms with E-state index in [9.17, 15) is 14.7 Å². The number of hydrogen-bond donors (Lipinski definition) is 3. The second kappa shape index (κ2) is 6.04. The van der Waals surface area contributed by atoms with Crippen LogP contribution in [-0.4, -0.2) is 54.5 Å². The van der Waals surface area contributed by atoms with Gasteiger partial charge in [-0.25, -0.2) is 4.79 Å². The van der Waals surface area contributed by atoms with E-state index in [4.69, 9.17) is 9.47 Å². The van der Waals surface area contributed by atoms with Gasteiger partial charge in [-0.3, -0.25) is 4.79 Å². The molecule has 0 aliphatic carbocycles. The minimum absolute atomic E-state index is 0.0258. The molecule has 2 aliphatic heterocycles. The standard InChI is InChI=1S/C15H18N2O5/c1-8(18)9-2-4-10(5-3-9)16-15(20)17-11-6-21-14-12(19)7-22-13(11)14/h2-5,11-14,19H,6-7H2,1H3,(H2,16,17,20)/t11-,12-,13-,14+/m1/s1. The zero-order valence-electron chi connectivity index (χ0n) is 12.1. The average molecular weight is 306 g/mol. The second-order valence-corrected chi connectivity index (χ2v) is 5.50. The summed E-state index contributed by atoms with van der Waals surface area (Å²) in [5.74, 6) is -0.0258. The highest BCUT2D eigenvalue weighted by Gasteiger charge is 2.47. The molecule has 3 N–H and O–H groups in total. The Morgan fingerprint density at radius 1 is 1.14 bits per heavy atom. The van der Waals surface area contributed by atoms with E-state index < -0.39 is 6.10 Å². The van der Waals surface area contributed by atoms with Gasteiger partial charge >= 0.3 is 6.03 Å². The Morgan fingerprint density at radius 3 is 2.50 bits per heavy atom. The molecule has 2 aliphatic rings. The summed E-state index contributed by atoms with van der Waals surface area (Å²) < 4.78 is 10.9. The molecule has 0 unspecified atom stereocenters. The summed E-state index contributed by atoms with van der Waals surface area (Å²) in [4.78, 5) is 23.2. The van der Waals surface area contributed by atoms with Crippen molar-refractivity contribution >= 4 is 17.5 Å². The lowest BCUT2D eigenvalue weighted by atomic mass is 10.1. The van der Waals surface area contributed by atoms with Gasteiger partial charge in [0.15, 0.2) is 5.78 Å². The summed E-state index contributed by atoms with van der Waals surface area (Å²) in [6, 6.07) is 5.97. The number of carbonyl (C=O) groups is 2. The first-order valence-corrected chi connectivity index (χ1v) is 7.14. The van der Waals surface area contributed by atoms with E-state index in [0.717, 1.165) is 0 Å². The van der Waals surface area contributed by atoms with Crippen molar-refractivity contribution in [2.45, 2.75) is 31.3 Å². The Kier molecular flexibility index (Phi) is 4.10. The predicted molar refractivity (Wildman–Crippen MR) is 77.9 cm³/mol. The molecular weight excluding hydrogens is 288 g/mol. The van der Waals surface area contributed by atoms with Gasteiger partial charge in [0.25, 0.3) is 0 Å². The van der Waals surface area contributed by atoms with Gasteiger partial charge in [0.2, 0.25) is 0 Å². The van der Waals surface area contributed by atoms with Crippen LogP contribution in [-0.2, 0) is 9.47 Å². The molecule has 22 heavy (non-hydrogen) atoms. The topological polar surface area (TPSA) is 96.9 Å². The molecule has 2 heterocycles. The largest absolute Gasteiger partial charge is 0.388 e. The maximum Gasteiger partial charge on any atom is 0.319 e. The number of nitrogens with one attached hydrogen (secondary N) is 2. The van der Waals surface area contributed by atoms with Crippen molar-refractivity contribution in [2.24, 2.45) is 0 Å². The van der Waals surface area contributed by atoms with Gasteiger partial charge in [0.05, 0.1) is 19.3 Å². The molecule has 2 fully saturated rings. The number of aliphatic hydroxyl groups excluding tert-OH is 1. The monoisotopic (exact) mass is 306 g/mol. The van der Waals surface area contributed by atoms with Crippen molar-refractivity contribution in [3.05, 3.63) is 29.8 Å². The number of carbonyl (C=O) groups excluding carboxylic acids is 2. The zero-order chi connectivity index (χ0) is 15.7. The van der Waals surface area contributed by atoms with Gasteiger partial charge < -0.3 is 25.2 Å². The number of fused-ring (bicyclic) bond motifs is 1. The van der Waals surface area contributed by atoms with E-state index in [2.05, 4.69) is 10.6 Å². The maximum atomic E-state index is 12.0. The fraction of sp³-hybridized carbons (Fsp3) is 0.467. The first kappa shape index (κ1) is 15.0. The van der Waals surface area contributed by atoms with E-state index in [0.29, 0.717) is 17.9 Å². The van der Waals surface area contributed by atoms with Gasteiger partial charge in [0.1, 0.15) is 18.3 Å². The number of rotatable bonds is 3. The number of urea groups is 1. The van der Waals surface area contributed by atoms with Crippen molar-refractivity contribution in [1.82, 2.24) is 5.32 Å². The van der Waals surface area contributed by atoms with Crippen molar-refractivity contribution in [3.63, 3.8) is 0 Å². The molecule has 0 radical (unpaired) electrons. The van der Waals surface area contributed by atoms with E-state index in [1.165, 1.54) is 6.92 Å². The van der Waals surface area contributed by atoms with Crippen LogP contribution in [0.1, 0.15) is 17.3 Å². The highest BCUT2D eigenvalue weighted by Crippen LogP contribution is 2.26. The summed E-state index contributed by atoms with van der Waals surface area (Å²) in [5.41, 5.74) is 1.18. The lowest BCUT2D eigenvalue weighted by Crippen LogP contribution is -2.46. The molecule has 2 amide bonds. The SMILES string of the molecule is CC(=O)c1ccc(NC(=O)N[C@@H]2CO[C@@H]3[C@@H]2OC[C@H]3O)cc1. The Balaban J connectivity index is 1.55. The number of ether oxygens (including phenoxy) is 2. The third kappa shape index (κ3) is 2.96. The minimum Gasteiger partial charge on any atom is -0.388 e. The molecule has 1 aromatic carbocycles. The molecule has 118 valence electrons. The molecule has 2 saturated heterocycles. The number of amides is 2. The van der Waals surface area contributed by atoms with Crippen molar-refractivity contribution in [2.75, 3.05) is 18.5 Å². The zero-order valence-corrected chi connectivity index (χ0v) is 12.1. The predicted octanol–water partition coefficient (Wildman–Crippen LogP) is 0.538. The summed E-state index contributed by atoms with van der Waals surface area (Å²) in [7, 11) is 0. The Labute approximate surface area is 127 Å². The lowest BCUT2D eigenvalue weighted by molar-refractivity contribution is 0.0180. The quantitative estimate of drug-likeness (QED) is 0.708. The first-order valence-electron chi connectivity index (χ1n) is 7.14. The number of ketones is 1. The fourth-order valence-corrected chi connectivity index (χ4v) is 2.73. The van der Waals surface area contributed by atoms with Crippen LogP contribution < -0.4 is 10.6 Å². The number of hydrogen-bond acceptors (Lipinski definition) is 5. The van der Waals surface area contributed by atoms with E-state index in [-0.39, 0.29) is 36.7 Å². The lowest BCUT2D eigenvalue weighted by Gasteiger charge is -2.17. The van der Waals surface area contributed by atoms with Crippen LogP contribution in [0.2, 0.25) is 0 Å². The van der Waals surface area contributed by atoms with Crippen LogP contribution in [0.3, 0.4) is 0 Å². The summed E-state index contributed by atoms with van der Waals surface area (Å²) in [6.07, 6.45) is -1.33. The Morgan fingerprint density at radius 2 is 1.82 bits per heavy atom. The van der Waals surface area contributed by atoms with Crippen LogP contribution in [0.25, 0.3) is 0 Å². The summed E-state index contributed by atoms with van der Waals surface area (Å²) in [5, 5.41) is 15.1. The molecule has 7 nitrogen and oxygen atoms in total. The van der Waals surface area contributed by atoms with Gasteiger partial charge in [0, 0.05) is 11.3 Å². The molecule has 3 rings (SSSR count). The van der Waals surface area contributed by atoms with E-state index in [1.54, 1.807) is 24.3 Å². The van der Waals surface area contributed by atoms with Crippen molar-refractivity contribution in [3.8, 4) is 0 Å². The van der Waals surface area contributed by atoms with Gasteiger partial charge in [-0.15, -0.1) is 0 Å². The molecule has 0 saturated carbocycles. The third-order valence-corrected chi connectivity index (χ3v) is 3.89. The number of Topliss-reactive ketones (excluding diaryl/α,β-unsaturated/α-hetero) is 1. The molecule has 0 spiro atoms. The van der Waals surface area contributed by atoms with E-state index >= 15 is 0 Å². The third-order valence-electron chi connectivity index (χ3n) is 3.89. The Bertz CT molecular complexity index is 574. The first-order chi connectivity index (χ1) is 10.5.